The second-order valence-corrected chi connectivity index (χ2v) is 4.88. The third kappa shape index (κ3) is 2.70. The maximum atomic E-state index is 10.8. The molecule has 1 unspecified atom stereocenters. The van der Waals surface area contributed by atoms with Crippen LogP contribution in [0.4, 0.5) is 0 Å². The van der Waals surface area contributed by atoms with Crippen molar-refractivity contribution in [2.75, 3.05) is 20.3 Å². The molecule has 1 heterocycles. The summed E-state index contributed by atoms with van der Waals surface area (Å²) in [6.45, 7) is 1.13. The summed E-state index contributed by atoms with van der Waals surface area (Å²) in [6, 6.07) is 13.1. The highest BCUT2D eigenvalue weighted by atomic mass is 16.5. The van der Waals surface area contributed by atoms with Gasteiger partial charge in [0, 0.05) is 11.1 Å². The Morgan fingerprint density at radius 2 is 2.10 bits per heavy atom. The minimum atomic E-state index is 0.205. The molecular formula is C17H16O4. The molecule has 2 aromatic rings. The van der Waals surface area contributed by atoms with E-state index in [0.29, 0.717) is 30.3 Å². The van der Waals surface area contributed by atoms with E-state index >= 15 is 0 Å². The monoisotopic (exact) mass is 284 g/mol. The fourth-order valence-corrected chi connectivity index (χ4v) is 2.43. The maximum Gasteiger partial charge on any atom is 0.161 e. The lowest BCUT2D eigenvalue weighted by atomic mass is 10.0. The van der Waals surface area contributed by atoms with Gasteiger partial charge in [0.1, 0.15) is 12.0 Å². The smallest absolute Gasteiger partial charge is 0.161 e. The molecule has 4 nitrogen and oxygen atoms in total. The van der Waals surface area contributed by atoms with E-state index in [1.54, 1.807) is 25.3 Å². The van der Waals surface area contributed by atoms with Crippen LogP contribution in [0.1, 0.15) is 21.8 Å². The summed E-state index contributed by atoms with van der Waals surface area (Å²) in [5.74, 6) is 2.32. The van der Waals surface area contributed by atoms with Gasteiger partial charge in [-0.15, -0.1) is 0 Å². The average Bonchev–Trinajstić information content (AvgIpc) is 2.96. The van der Waals surface area contributed by atoms with Crippen LogP contribution in [0.2, 0.25) is 0 Å². The van der Waals surface area contributed by atoms with E-state index < -0.39 is 0 Å². The Balaban J connectivity index is 1.73. The zero-order chi connectivity index (χ0) is 14.7. The Morgan fingerprint density at radius 3 is 2.90 bits per heavy atom. The molecule has 0 radical (unpaired) electrons. The van der Waals surface area contributed by atoms with Crippen molar-refractivity contribution in [1.82, 2.24) is 0 Å². The molecule has 0 amide bonds. The van der Waals surface area contributed by atoms with Crippen LogP contribution in [-0.2, 0) is 0 Å². The highest BCUT2D eigenvalue weighted by Crippen LogP contribution is 2.35. The molecule has 0 aromatic heterocycles. The second kappa shape index (κ2) is 5.87. The molecule has 0 saturated heterocycles. The van der Waals surface area contributed by atoms with E-state index in [-0.39, 0.29) is 5.92 Å². The molecule has 4 heteroatoms. The number of methoxy groups -OCH3 is 1. The molecule has 21 heavy (non-hydrogen) atoms. The maximum absolute atomic E-state index is 10.8. The molecule has 0 bridgehead atoms. The van der Waals surface area contributed by atoms with Gasteiger partial charge in [-0.05, 0) is 24.3 Å². The molecule has 1 aliphatic rings. The summed E-state index contributed by atoms with van der Waals surface area (Å²) in [5, 5.41) is 0. The van der Waals surface area contributed by atoms with Crippen LogP contribution < -0.4 is 14.2 Å². The predicted molar refractivity (Wildman–Crippen MR) is 78.6 cm³/mol. The molecule has 0 N–H and O–H groups in total. The van der Waals surface area contributed by atoms with E-state index in [1.807, 2.05) is 18.2 Å². The van der Waals surface area contributed by atoms with Crippen molar-refractivity contribution in [2.45, 2.75) is 5.92 Å². The van der Waals surface area contributed by atoms with Crippen LogP contribution in [0, 0.1) is 0 Å². The molecule has 0 fully saturated rings. The van der Waals surface area contributed by atoms with Crippen LogP contribution in [0.5, 0.6) is 17.2 Å². The van der Waals surface area contributed by atoms with Crippen LogP contribution in [0.25, 0.3) is 0 Å². The number of benzene rings is 2. The van der Waals surface area contributed by atoms with Gasteiger partial charge in [0.2, 0.25) is 0 Å². The summed E-state index contributed by atoms with van der Waals surface area (Å²) in [4.78, 5) is 10.8. The number of aldehydes is 1. The van der Waals surface area contributed by atoms with E-state index in [0.717, 1.165) is 12.0 Å². The van der Waals surface area contributed by atoms with E-state index in [4.69, 9.17) is 14.2 Å². The lowest BCUT2D eigenvalue weighted by Crippen LogP contribution is -2.12. The third-order valence-corrected chi connectivity index (χ3v) is 3.56. The van der Waals surface area contributed by atoms with E-state index in [2.05, 4.69) is 6.07 Å². The zero-order valence-corrected chi connectivity index (χ0v) is 11.7. The zero-order valence-electron chi connectivity index (χ0n) is 11.7. The fourth-order valence-electron chi connectivity index (χ4n) is 2.43. The van der Waals surface area contributed by atoms with Gasteiger partial charge in [0.05, 0.1) is 26.2 Å². The molecule has 0 spiro atoms. The largest absolute Gasteiger partial charge is 0.493 e. The van der Waals surface area contributed by atoms with Gasteiger partial charge < -0.3 is 14.2 Å². The molecule has 0 aliphatic carbocycles. The normalized spacial score (nSPS) is 16.0. The molecule has 0 saturated carbocycles. The van der Waals surface area contributed by atoms with Crippen LogP contribution >= 0.6 is 0 Å². The third-order valence-electron chi connectivity index (χ3n) is 3.56. The van der Waals surface area contributed by atoms with Crippen LogP contribution in [-0.4, -0.2) is 26.6 Å². The molecule has 1 aliphatic heterocycles. The first kappa shape index (κ1) is 13.5. The predicted octanol–water partition coefficient (Wildman–Crippen LogP) is 3.06. The number of rotatable bonds is 5. The Hall–Kier alpha value is -2.49. The SMILES string of the molecule is COc1cc(C=O)ccc1OCC1COc2ccccc21. The number of para-hydroxylation sites is 1. The second-order valence-electron chi connectivity index (χ2n) is 4.88. The van der Waals surface area contributed by atoms with Crippen molar-refractivity contribution >= 4 is 6.29 Å². The molecule has 3 rings (SSSR count). The standard InChI is InChI=1S/C17H16O4/c1-19-17-8-12(9-18)6-7-16(17)21-11-13-10-20-15-5-3-2-4-14(13)15/h2-9,13H,10-11H2,1H3. The van der Waals surface area contributed by atoms with Crippen molar-refractivity contribution in [3.63, 3.8) is 0 Å². The van der Waals surface area contributed by atoms with Gasteiger partial charge in [-0.2, -0.15) is 0 Å². The number of carbonyl (C=O) groups excluding carboxylic acids is 1. The quantitative estimate of drug-likeness (QED) is 0.792. The molecular weight excluding hydrogens is 268 g/mol. The highest BCUT2D eigenvalue weighted by Gasteiger charge is 2.24. The van der Waals surface area contributed by atoms with Gasteiger partial charge in [-0.3, -0.25) is 4.79 Å². The topological polar surface area (TPSA) is 44.8 Å². The fraction of sp³-hybridized carbons (Fsp3) is 0.235. The number of ether oxygens (including phenoxy) is 3. The van der Waals surface area contributed by atoms with Crippen molar-refractivity contribution in [3.05, 3.63) is 53.6 Å². The summed E-state index contributed by atoms with van der Waals surface area (Å²) < 4.78 is 16.7. The van der Waals surface area contributed by atoms with Gasteiger partial charge in [0.25, 0.3) is 0 Å². The van der Waals surface area contributed by atoms with Gasteiger partial charge in [-0.1, -0.05) is 18.2 Å². The highest BCUT2D eigenvalue weighted by molar-refractivity contribution is 5.76. The molecule has 2 aromatic carbocycles. The Labute approximate surface area is 123 Å². The first-order valence-corrected chi connectivity index (χ1v) is 6.79. The number of fused-ring (bicyclic) bond motifs is 1. The first-order chi connectivity index (χ1) is 10.3. The van der Waals surface area contributed by atoms with Crippen molar-refractivity contribution < 1.29 is 19.0 Å². The summed E-state index contributed by atoms with van der Waals surface area (Å²) in [5.41, 5.74) is 1.73. The first-order valence-electron chi connectivity index (χ1n) is 6.79. The van der Waals surface area contributed by atoms with Gasteiger partial charge in [0.15, 0.2) is 11.5 Å². The summed E-state index contributed by atoms with van der Waals surface area (Å²) >= 11 is 0. The lowest BCUT2D eigenvalue weighted by Gasteiger charge is -2.14. The number of carbonyl (C=O) groups is 1. The van der Waals surface area contributed by atoms with Crippen molar-refractivity contribution in [1.29, 1.82) is 0 Å². The number of hydrogen-bond acceptors (Lipinski definition) is 4. The van der Waals surface area contributed by atoms with Crippen molar-refractivity contribution in [2.24, 2.45) is 0 Å². The Kier molecular flexibility index (Phi) is 3.77. The van der Waals surface area contributed by atoms with E-state index in [9.17, 15) is 4.79 Å². The average molecular weight is 284 g/mol. The summed E-state index contributed by atoms with van der Waals surface area (Å²) in [7, 11) is 1.56. The Bertz CT molecular complexity index is 651. The summed E-state index contributed by atoms with van der Waals surface area (Å²) in [6.07, 6.45) is 0.785. The van der Waals surface area contributed by atoms with Gasteiger partial charge >= 0.3 is 0 Å². The minimum Gasteiger partial charge on any atom is -0.493 e. The lowest BCUT2D eigenvalue weighted by molar-refractivity contribution is 0.112. The molecule has 1 atom stereocenters. The Morgan fingerprint density at radius 1 is 1.24 bits per heavy atom. The molecule has 108 valence electrons. The number of hydrogen-bond donors (Lipinski definition) is 0. The van der Waals surface area contributed by atoms with Gasteiger partial charge in [-0.25, -0.2) is 0 Å². The van der Waals surface area contributed by atoms with Crippen molar-refractivity contribution in [3.8, 4) is 17.2 Å². The minimum absolute atomic E-state index is 0.205. The van der Waals surface area contributed by atoms with E-state index in [1.165, 1.54) is 5.56 Å². The van der Waals surface area contributed by atoms with Crippen LogP contribution in [0.15, 0.2) is 42.5 Å². The van der Waals surface area contributed by atoms with Crippen LogP contribution in [0.3, 0.4) is 0 Å².